The molecule has 2 rings (SSSR count). The first-order valence-electron chi connectivity index (χ1n) is 5.09. The van der Waals surface area contributed by atoms with Crippen molar-refractivity contribution >= 4 is 35.7 Å². The monoisotopic (exact) mass is 258 g/mol. The predicted molar refractivity (Wildman–Crippen MR) is 71.3 cm³/mol. The van der Waals surface area contributed by atoms with Crippen LogP contribution in [0.3, 0.4) is 0 Å². The molecule has 0 aliphatic carbocycles. The molecule has 0 bridgehead atoms. The topological polar surface area (TPSA) is 28.7 Å². The molecule has 1 N–H and O–H groups in total. The molecule has 1 unspecified atom stereocenters. The molecule has 2 heterocycles. The fourth-order valence-corrected chi connectivity index (χ4v) is 4.38. The van der Waals surface area contributed by atoms with Crippen LogP contribution >= 0.6 is 35.7 Å². The highest BCUT2D eigenvalue weighted by molar-refractivity contribution is 8.06. The molecule has 0 spiro atoms. The Hall–Kier alpha value is -0.0000000000000000555. The van der Waals surface area contributed by atoms with Crippen molar-refractivity contribution in [1.82, 2.24) is 9.97 Å². The Bertz CT molecular complexity index is 382. The number of thioether (sulfide) groups is 2. The van der Waals surface area contributed by atoms with Gasteiger partial charge in [-0.25, -0.2) is 4.98 Å². The Labute approximate surface area is 104 Å². The van der Waals surface area contributed by atoms with Crippen LogP contribution in [0.15, 0.2) is 6.07 Å². The molecule has 5 heteroatoms. The van der Waals surface area contributed by atoms with E-state index in [9.17, 15) is 0 Å². The van der Waals surface area contributed by atoms with Gasteiger partial charge in [-0.15, -0.1) is 11.8 Å². The van der Waals surface area contributed by atoms with Gasteiger partial charge in [-0.05, 0) is 12.5 Å². The molecule has 1 aliphatic rings. The van der Waals surface area contributed by atoms with Crippen LogP contribution in [-0.4, -0.2) is 27.2 Å². The van der Waals surface area contributed by atoms with Gasteiger partial charge in [-0.2, -0.15) is 11.8 Å². The van der Waals surface area contributed by atoms with Crippen LogP contribution < -0.4 is 0 Å². The molecule has 1 aliphatic heterocycles. The maximum Gasteiger partial charge on any atom is 0.130 e. The Morgan fingerprint density at radius 2 is 2.47 bits per heavy atom. The Morgan fingerprint density at radius 3 is 3.13 bits per heavy atom. The number of nitrogens with zero attached hydrogens (tertiary/aromatic N) is 1. The molecule has 2 nitrogen and oxygen atoms in total. The second kappa shape index (κ2) is 5.37. The molecule has 1 atom stereocenters. The largest absolute Gasteiger partial charge is 0.346 e. The van der Waals surface area contributed by atoms with Crippen LogP contribution in [0.1, 0.15) is 23.7 Å². The van der Waals surface area contributed by atoms with Crippen molar-refractivity contribution in [2.24, 2.45) is 0 Å². The van der Waals surface area contributed by atoms with Crippen molar-refractivity contribution < 1.29 is 0 Å². The molecule has 0 amide bonds. The average Bonchev–Trinajstić information content (AvgIpc) is 2.29. The van der Waals surface area contributed by atoms with Gasteiger partial charge in [0.25, 0.3) is 0 Å². The number of aryl methyl sites for hydroxylation is 1. The number of aromatic amines is 1. The molecule has 1 saturated heterocycles. The number of rotatable bonds is 2. The molecule has 82 valence electrons. The van der Waals surface area contributed by atoms with Gasteiger partial charge in [0, 0.05) is 23.0 Å². The molecule has 0 saturated carbocycles. The second-order valence-corrected chi connectivity index (χ2v) is 6.30. The SMILES string of the molecule is CCc1cc(=S)nc(C2CSCCS2)[nH]1. The van der Waals surface area contributed by atoms with E-state index in [-0.39, 0.29) is 0 Å². The van der Waals surface area contributed by atoms with E-state index in [1.807, 2.05) is 29.6 Å². The standard InChI is InChI=1S/C10H14N2S3/c1-2-7-5-9(13)12-10(11-7)8-6-14-3-4-15-8/h5,8H,2-4,6H2,1H3,(H,11,12,13). The van der Waals surface area contributed by atoms with Crippen LogP contribution in [0.2, 0.25) is 0 Å². The minimum Gasteiger partial charge on any atom is -0.346 e. The first kappa shape index (κ1) is 11.5. The van der Waals surface area contributed by atoms with E-state index in [2.05, 4.69) is 16.9 Å². The van der Waals surface area contributed by atoms with Gasteiger partial charge in [-0.3, -0.25) is 0 Å². The maximum atomic E-state index is 5.18. The van der Waals surface area contributed by atoms with E-state index in [0.717, 1.165) is 22.6 Å². The summed E-state index contributed by atoms with van der Waals surface area (Å²) < 4.78 is 0.719. The highest BCUT2D eigenvalue weighted by Crippen LogP contribution is 2.34. The molecule has 0 aromatic carbocycles. The molecule has 1 aromatic heterocycles. The van der Waals surface area contributed by atoms with Crippen molar-refractivity contribution in [1.29, 1.82) is 0 Å². The van der Waals surface area contributed by atoms with Gasteiger partial charge in [-0.1, -0.05) is 19.1 Å². The zero-order valence-electron chi connectivity index (χ0n) is 8.66. The van der Waals surface area contributed by atoms with Crippen LogP contribution in [0.5, 0.6) is 0 Å². The van der Waals surface area contributed by atoms with E-state index >= 15 is 0 Å². The number of hydrogen-bond donors (Lipinski definition) is 1. The van der Waals surface area contributed by atoms with E-state index < -0.39 is 0 Å². The van der Waals surface area contributed by atoms with Crippen LogP contribution in [0.25, 0.3) is 0 Å². The van der Waals surface area contributed by atoms with Gasteiger partial charge >= 0.3 is 0 Å². The highest BCUT2D eigenvalue weighted by Gasteiger charge is 2.18. The zero-order chi connectivity index (χ0) is 10.7. The molecule has 1 aromatic rings. The summed E-state index contributed by atoms with van der Waals surface area (Å²) in [5, 5.41) is 0.497. The Kier molecular flexibility index (Phi) is 4.11. The van der Waals surface area contributed by atoms with Gasteiger partial charge in [0.05, 0.1) is 5.25 Å². The lowest BCUT2D eigenvalue weighted by molar-refractivity contribution is 0.871. The second-order valence-electron chi connectivity index (χ2n) is 3.42. The molecular formula is C10H14N2S3. The van der Waals surface area contributed by atoms with Crippen LogP contribution in [0.4, 0.5) is 0 Å². The lowest BCUT2D eigenvalue weighted by Gasteiger charge is -2.20. The van der Waals surface area contributed by atoms with Gasteiger partial charge in [0.1, 0.15) is 10.5 Å². The summed E-state index contributed by atoms with van der Waals surface area (Å²) in [7, 11) is 0. The van der Waals surface area contributed by atoms with Crippen molar-refractivity contribution in [3.05, 3.63) is 22.2 Å². The summed E-state index contributed by atoms with van der Waals surface area (Å²) in [4.78, 5) is 7.82. The van der Waals surface area contributed by atoms with Gasteiger partial charge in [0.15, 0.2) is 0 Å². The molecule has 1 fully saturated rings. The average molecular weight is 258 g/mol. The lowest BCUT2D eigenvalue weighted by Crippen LogP contribution is -2.11. The van der Waals surface area contributed by atoms with Crippen molar-refractivity contribution in [2.75, 3.05) is 17.3 Å². The van der Waals surface area contributed by atoms with Crippen LogP contribution in [-0.2, 0) is 6.42 Å². The fourth-order valence-electron chi connectivity index (χ4n) is 1.52. The van der Waals surface area contributed by atoms with E-state index in [4.69, 9.17) is 12.2 Å². The van der Waals surface area contributed by atoms with Crippen molar-refractivity contribution in [3.63, 3.8) is 0 Å². The van der Waals surface area contributed by atoms with Crippen molar-refractivity contribution in [3.8, 4) is 0 Å². The quantitative estimate of drug-likeness (QED) is 0.825. The third-order valence-corrected chi connectivity index (χ3v) is 5.29. The lowest BCUT2D eigenvalue weighted by atomic mass is 10.3. The first-order valence-corrected chi connectivity index (χ1v) is 7.70. The highest BCUT2D eigenvalue weighted by atomic mass is 32.2. The van der Waals surface area contributed by atoms with E-state index in [1.54, 1.807) is 0 Å². The summed E-state index contributed by atoms with van der Waals surface area (Å²) in [6, 6.07) is 1.96. The minimum absolute atomic E-state index is 0.497. The summed E-state index contributed by atoms with van der Waals surface area (Å²) in [6.45, 7) is 2.13. The van der Waals surface area contributed by atoms with Crippen molar-refractivity contribution in [2.45, 2.75) is 18.6 Å². The Balaban J connectivity index is 2.26. The van der Waals surface area contributed by atoms with Crippen LogP contribution in [0, 0.1) is 4.64 Å². The fraction of sp³-hybridized carbons (Fsp3) is 0.600. The minimum atomic E-state index is 0.497. The smallest absolute Gasteiger partial charge is 0.130 e. The summed E-state index contributed by atoms with van der Waals surface area (Å²) >= 11 is 9.16. The number of aromatic nitrogens is 2. The molecule has 15 heavy (non-hydrogen) atoms. The Morgan fingerprint density at radius 1 is 1.60 bits per heavy atom. The third-order valence-electron chi connectivity index (χ3n) is 2.32. The molecule has 0 radical (unpaired) electrons. The van der Waals surface area contributed by atoms with Gasteiger partial charge in [0.2, 0.25) is 0 Å². The third kappa shape index (κ3) is 2.98. The van der Waals surface area contributed by atoms with E-state index in [0.29, 0.717) is 5.25 Å². The molecular weight excluding hydrogens is 244 g/mol. The van der Waals surface area contributed by atoms with E-state index in [1.165, 1.54) is 17.2 Å². The van der Waals surface area contributed by atoms with Gasteiger partial charge < -0.3 is 4.98 Å². The summed E-state index contributed by atoms with van der Waals surface area (Å²) in [6.07, 6.45) is 0.990. The zero-order valence-corrected chi connectivity index (χ0v) is 11.1. The number of nitrogens with one attached hydrogen (secondary N) is 1. The number of H-pyrrole nitrogens is 1. The maximum absolute atomic E-state index is 5.18. The normalized spacial score (nSPS) is 21.5. The number of hydrogen-bond acceptors (Lipinski definition) is 4. The predicted octanol–water partition coefficient (Wildman–Crippen LogP) is 3.22. The summed E-state index contributed by atoms with van der Waals surface area (Å²) in [5.41, 5.74) is 1.20. The first-order chi connectivity index (χ1) is 7.29. The summed E-state index contributed by atoms with van der Waals surface area (Å²) in [5.74, 6) is 4.69.